The lowest BCUT2D eigenvalue weighted by atomic mass is 10.0. The highest BCUT2D eigenvalue weighted by atomic mass is 32.1. The van der Waals surface area contributed by atoms with Gasteiger partial charge in [0.2, 0.25) is 0 Å². The molecule has 0 unspecified atom stereocenters. The van der Waals surface area contributed by atoms with Gasteiger partial charge < -0.3 is 4.90 Å². The van der Waals surface area contributed by atoms with Crippen molar-refractivity contribution < 1.29 is 0 Å². The van der Waals surface area contributed by atoms with E-state index in [1.807, 2.05) is 11.3 Å². The van der Waals surface area contributed by atoms with Crippen molar-refractivity contribution in [2.24, 2.45) is 0 Å². The minimum Gasteiger partial charge on any atom is -0.310 e. The smallest absolute Gasteiger partial charge is 0.0540 e. The fourth-order valence-electron chi connectivity index (χ4n) is 5.94. The zero-order valence-corrected chi connectivity index (χ0v) is 22.6. The van der Waals surface area contributed by atoms with Crippen LogP contribution in [0.15, 0.2) is 152 Å². The lowest BCUT2D eigenvalue weighted by Crippen LogP contribution is -2.10. The molecule has 1 nitrogen and oxygen atoms in total. The van der Waals surface area contributed by atoms with E-state index in [-0.39, 0.29) is 0 Å². The molecule has 8 aromatic rings. The van der Waals surface area contributed by atoms with Gasteiger partial charge in [-0.25, -0.2) is 0 Å². The number of hydrogen-bond acceptors (Lipinski definition) is 2. The molecule has 0 saturated carbocycles. The van der Waals surface area contributed by atoms with Crippen molar-refractivity contribution in [2.75, 3.05) is 4.90 Å². The summed E-state index contributed by atoms with van der Waals surface area (Å²) in [6.45, 7) is 0. The molecule has 0 bridgehead atoms. The molecule has 1 aromatic heterocycles. The summed E-state index contributed by atoms with van der Waals surface area (Å²) in [7, 11) is 0. The molecule has 0 aliphatic carbocycles. The van der Waals surface area contributed by atoms with E-state index in [1.165, 1.54) is 58.5 Å². The van der Waals surface area contributed by atoms with Crippen molar-refractivity contribution in [3.63, 3.8) is 0 Å². The predicted molar refractivity (Wildman–Crippen MR) is 174 cm³/mol. The van der Waals surface area contributed by atoms with E-state index >= 15 is 0 Å². The van der Waals surface area contributed by atoms with Crippen molar-refractivity contribution in [3.05, 3.63) is 152 Å². The molecule has 0 N–H and O–H groups in total. The minimum atomic E-state index is 1.14. The second-order valence-corrected chi connectivity index (χ2v) is 11.3. The van der Waals surface area contributed by atoms with Crippen LogP contribution in [0.4, 0.5) is 17.1 Å². The van der Waals surface area contributed by atoms with Crippen molar-refractivity contribution >= 4 is 70.1 Å². The molecule has 1 heterocycles. The van der Waals surface area contributed by atoms with Crippen molar-refractivity contribution in [3.8, 4) is 11.1 Å². The van der Waals surface area contributed by atoms with Crippen LogP contribution in [0.5, 0.6) is 0 Å². The molecule has 0 spiro atoms. The van der Waals surface area contributed by atoms with Crippen LogP contribution in [0.2, 0.25) is 0 Å². The van der Waals surface area contributed by atoms with Crippen molar-refractivity contribution in [1.82, 2.24) is 0 Å². The fraction of sp³-hybridized carbons (Fsp3) is 0. The van der Waals surface area contributed by atoms with Gasteiger partial charge in [0.15, 0.2) is 0 Å². The summed E-state index contributed by atoms with van der Waals surface area (Å²) in [5, 5.41) is 7.69. The Hall–Kier alpha value is -4.92. The molecule has 0 aliphatic rings. The topological polar surface area (TPSA) is 3.24 Å². The van der Waals surface area contributed by atoms with Crippen LogP contribution in [-0.2, 0) is 0 Å². The van der Waals surface area contributed by atoms with Gasteiger partial charge in [0.05, 0.1) is 5.69 Å². The molecule has 40 heavy (non-hydrogen) atoms. The quantitative estimate of drug-likeness (QED) is 0.220. The van der Waals surface area contributed by atoms with Crippen molar-refractivity contribution in [1.29, 1.82) is 0 Å². The van der Waals surface area contributed by atoms with Crippen LogP contribution in [0.3, 0.4) is 0 Å². The molecule has 0 amide bonds. The summed E-state index contributed by atoms with van der Waals surface area (Å²) in [5.74, 6) is 0. The van der Waals surface area contributed by atoms with Gasteiger partial charge in [0.1, 0.15) is 0 Å². The Labute approximate surface area is 237 Å². The van der Waals surface area contributed by atoms with Crippen LogP contribution in [-0.4, -0.2) is 0 Å². The summed E-state index contributed by atoms with van der Waals surface area (Å²) in [6.07, 6.45) is 0. The van der Waals surface area contributed by atoms with Crippen LogP contribution in [0, 0.1) is 0 Å². The average molecular weight is 528 g/mol. The molecule has 0 fully saturated rings. The molecular formula is C38H25NS. The largest absolute Gasteiger partial charge is 0.310 e. The number of nitrogens with zero attached hydrogens (tertiary/aromatic N) is 1. The summed E-state index contributed by atoms with van der Waals surface area (Å²) >= 11 is 1.87. The first-order valence-corrected chi connectivity index (χ1v) is 14.4. The van der Waals surface area contributed by atoms with Crippen LogP contribution >= 0.6 is 11.3 Å². The maximum Gasteiger partial charge on any atom is 0.0540 e. The summed E-state index contributed by atoms with van der Waals surface area (Å²) < 4.78 is 2.66. The van der Waals surface area contributed by atoms with E-state index in [2.05, 4.69) is 157 Å². The molecule has 0 radical (unpaired) electrons. The number of anilines is 3. The van der Waals surface area contributed by atoms with Gasteiger partial charge in [-0.3, -0.25) is 0 Å². The molecule has 2 heteroatoms. The highest BCUT2D eigenvalue weighted by Gasteiger charge is 2.18. The molecule has 0 aliphatic heterocycles. The first-order valence-electron chi connectivity index (χ1n) is 13.6. The second kappa shape index (κ2) is 9.37. The van der Waals surface area contributed by atoms with Gasteiger partial charge in [0, 0.05) is 36.9 Å². The van der Waals surface area contributed by atoms with E-state index in [9.17, 15) is 0 Å². The molecule has 188 valence electrons. The zero-order valence-electron chi connectivity index (χ0n) is 21.8. The molecule has 7 aromatic carbocycles. The standard InChI is InChI=1S/C38H25NS/c1-2-9-26(10-3-1)28-17-20-30(21-18-28)39(31-22-19-27-11-4-5-12-29(27)25-31)35-15-8-14-33-32(35)23-24-37-38(33)34-13-6-7-16-36(34)40-37/h1-25H. The van der Waals surface area contributed by atoms with Crippen LogP contribution in [0.25, 0.3) is 52.8 Å². The molecule has 0 saturated heterocycles. The third-order valence-electron chi connectivity index (χ3n) is 7.84. The van der Waals surface area contributed by atoms with E-state index < -0.39 is 0 Å². The average Bonchev–Trinajstić information content (AvgIpc) is 3.41. The van der Waals surface area contributed by atoms with Crippen molar-refractivity contribution in [2.45, 2.75) is 0 Å². The number of hydrogen-bond donors (Lipinski definition) is 0. The Morgan fingerprint density at radius 1 is 0.400 bits per heavy atom. The Bertz CT molecular complexity index is 2160. The van der Waals surface area contributed by atoms with Gasteiger partial charge in [-0.05, 0) is 69.8 Å². The highest BCUT2D eigenvalue weighted by Crippen LogP contribution is 2.44. The van der Waals surface area contributed by atoms with E-state index in [1.54, 1.807) is 0 Å². The lowest BCUT2D eigenvalue weighted by molar-refractivity contribution is 1.30. The number of thiophene rings is 1. The van der Waals surface area contributed by atoms with Crippen LogP contribution in [0.1, 0.15) is 0 Å². The first-order chi connectivity index (χ1) is 19.8. The number of rotatable bonds is 4. The Morgan fingerprint density at radius 3 is 1.98 bits per heavy atom. The van der Waals surface area contributed by atoms with E-state index in [4.69, 9.17) is 0 Å². The molecule has 8 rings (SSSR count). The van der Waals surface area contributed by atoms with Gasteiger partial charge in [0.25, 0.3) is 0 Å². The molecular weight excluding hydrogens is 502 g/mol. The monoisotopic (exact) mass is 527 g/mol. The Kier molecular flexibility index (Phi) is 5.39. The fourth-order valence-corrected chi connectivity index (χ4v) is 7.06. The van der Waals surface area contributed by atoms with Gasteiger partial charge in [-0.1, -0.05) is 109 Å². The van der Waals surface area contributed by atoms with Gasteiger partial charge >= 0.3 is 0 Å². The maximum atomic E-state index is 2.41. The zero-order chi connectivity index (χ0) is 26.5. The number of fused-ring (bicyclic) bond motifs is 6. The van der Waals surface area contributed by atoms with Gasteiger partial charge in [-0.2, -0.15) is 0 Å². The maximum absolute atomic E-state index is 2.41. The predicted octanol–water partition coefficient (Wildman–Crippen LogP) is 11.5. The third-order valence-corrected chi connectivity index (χ3v) is 8.98. The lowest BCUT2D eigenvalue weighted by Gasteiger charge is -2.27. The normalized spacial score (nSPS) is 11.5. The SMILES string of the molecule is c1ccc(-c2ccc(N(c3ccc4ccccc4c3)c3cccc4c3ccc3sc5ccccc5c34)cc2)cc1. The Morgan fingerprint density at radius 2 is 1.10 bits per heavy atom. The first kappa shape index (κ1) is 23.0. The number of benzene rings is 7. The highest BCUT2D eigenvalue weighted by molar-refractivity contribution is 7.26. The summed E-state index contributed by atoms with van der Waals surface area (Å²) in [4.78, 5) is 2.41. The van der Waals surface area contributed by atoms with E-state index in [0.29, 0.717) is 0 Å². The van der Waals surface area contributed by atoms with Gasteiger partial charge in [-0.15, -0.1) is 11.3 Å². The minimum absolute atomic E-state index is 1.14. The van der Waals surface area contributed by atoms with E-state index in [0.717, 1.165) is 11.4 Å². The second-order valence-electron chi connectivity index (χ2n) is 10.2. The van der Waals surface area contributed by atoms with Crippen LogP contribution < -0.4 is 4.90 Å². The third kappa shape index (κ3) is 3.77. The Balaban J connectivity index is 1.37. The summed E-state index contributed by atoms with van der Waals surface area (Å²) in [5.41, 5.74) is 5.90. The molecule has 0 atom stereocenters. The summed E-state index contributed by atoms with van der Waals surface area (Å²) in [6, 6.07) is 55.0.